The Balaban J connectivity index is 2.21. The highest BCUT2D eigenvalue weighted by molar-refractivity contribution is 5.96. The molecule has 0 aliphatic carbocycles. The first-order chi connectivity index (χ1) is 11.5. The molecular formula is C16H13F4N3O2. The summed E-state index contributed by atoms with van der Waals surface area (Å²) in [5.41, 5.74) is -4.01. The van der Waals surface area contributed by atoms with Gasteiger partial charge in [-0.25, -0.2) is 4.39 Å². The van der Waals surface area contributed by atoms with Gasteiger partial charge in [0.1, 0.15) is 5.82 Å². The number of aliphatic hydroxyl groups is 1. The van der Waals surface area contributed by atoms with Crippen LogP contribution in [-0.4, -0.2) is 21.2 Å². The van der Waals surface area contributed by atoms with Crippen LogP contribution in [0.4, 0.5) is 23.2 Å². The second-order valence-corrected chi connectivity index (χ2v) is 5.60. The molecule has 0 aliphatic heterocycles. The Bertz CT molecular complexity index is 835. The minimum atomic E-state index is -4.77. The standard InChI is InChI=1S/C16H13F4N3O2/c1-15(25,9-23-5-4-11(17)8-23)14(24)22-12-3-2-10(7-21)13(6-12)16(18,19)20/h2-6,8,25H,9H2,1H3,(H,22,24). The van der Waals surface area contributed by atoms with Gasteiger partial charge in [0.2, 0.25) is 0 Å². The van der Waals surface area contributed by atoms with E-state index in [1.54, 1.807) is 0 Å². The zero-order valence-electron chi connectivity index (χ0n) is 12.9. The molecule has 0 fully saturated rings. The quantitative estimate of drug-likeness (QED) is 0.828. The highest BCUT2D eigenvalue weighted by Gasteiger charge is 2.35. The van der Waals surface area contributed by atoms with Gasteiger partial charge in [-0.15, -0.1) is 0 Å². The van der Waals surface area contributed by atoms with Crippen molar-refractivity contribution in [3.8, 4) is 6.07 Å². The Morgan fingerprint density at radius 2 is 2.04 bits per heavy atom. The minimum absolute atomic E-state index is 0.227. The molecule has 0 spiro atoms. The molecule has 0 aliphatic rings. The number of alkyl halides is 3. The number of nitrogens with one attached hydrogen (secondary N) is 1. The molecule has 0 saturated heterocycles. The predicted octanol–water partition coefficient (Wildman–Crippen LogP) is 2.91. The number of benzene rings is 1. The van der Waals surface area contributed by atoms with Crippen LogP contribution in [0.15, 0.2) is 36.7 Å². The van der Waals surface area contributed by atoms with E-state index in [1.807, 2.05) is 0 Å². The van der Waals surface area contributed by atoms with Gasteiger partial charge >= 0.3 is 6.18 Å². The number of halogens is 4. The van der Waals surface area contributed by atoms with Gasteiger partial charge in [0.05, 0.1) is 23.7 Å². The maximum atomic E-state index is 12.9. The third-order valence-corrected chi connectivity index (χ3v) is 3.40. The lowest BCUT2D eigenvalue weighted by molar-refractivity contribution is -0.138. The van der Waals surface area contributed by atoms with Gasteiger partial charge in [-0.1, -0.05) is 0 Å². The molecule has 132 valence electrons. The fourth-order valence-corrected chi connectivity index (χ4v) is 2.16. The molecule has 5 nitrogen and oxygen atoms in total. The maximum Gasteiger partial charge on any atom is 0.417 e. The number of anilines is 1. The molecule has 25 heavy (non-hydrogen) atoms. The van der Waals surface area contributed by atoms with E-state index >= 15 is 0 Å². The van der Waals surface area contributed by atoms with Crippen LogP contribution in [0.2, 0.25) is 0 Å². The van der Waals surface area contributed by atoms with Crippen molar-refractivity contribution in [1.82, 2.24) is 4.57 Å². The summed E-state index contributed by atoms with van der Waals surface area (Å²) in [6, 6.07) is 5.22. The van der Waals surface area contributed by atoms with Gasteiger partial charge < -0.3 is 15.0 Å². The third kappa shape index (κ3) is 4.36. The van der Waals surface area contributed by atoms with Gasteiger partial charge in [0, 0.05) is 18.1 Å². The average molecular weight is 355 g/mol. The molecule has 1 aromatic carbocycles. The number of hydrogen-bond acceptors (Lipinski definition) is 3. The van der Waals surface area contributed by atoms with E-state index in [-0.39, 0.29) is 12.2 Å². The number of nitriles is 1. The Morgan fingerprint density at radius 3 is 2.56 bits per heavy atom. The Hall–Kier alpha value is -2.86. The SMILES string of the molecule is CC(O)(Cn1ccc(F)c1)C(=O)Nc1ccc(C#N)c(C(F)(F)F)c1. The number of nitrogens with zero attached hydrogens (tertiary/aromatic N) is 2. The average Bonchev–Trinajstić information content (AvgIpc) is 2.90. The van der Waals surface area contributed by atoms with Gasteiger partial charge in [-0.3, -0.25) is 4.79 Å². The van der Waals surface area contributed by atoms with E-state index in [1.165, 1.54) is 16.8 Å². The third-order valence-electron chi connectivity index (χ3n) is 3.40. The molecule has 1 amide bonds. The van der Waals surface area contributed by atoms with Crippen molar-refractivity contribution in [3.63, 3.8) is 0 Å². The molecule has 1 unspecified atom stereocenters. The van der Waals surface area contributed by atoms with Crippen molar-refractivity contribution >= 4 is 11.6 Å². The van der Waals surface area contributed by atoms with E-state index < -0.39 is 34.6 Å². The molecule has 1 aromatic heterocycles. The van der Waals surface area contributed by atoms with Crippen LogP contribution in [0.25, 0.3) is 0 Å². The summed E-state index contributed by atoms with van der Waals surface area (Å²) in [7, 11) is 0. The largest absolute Gasteiger partial charge is 0.417 e. The van der Waals surface area contributed by atoms with E-state index in [9.17, 15) is 27.5 Å². The van der Waals surface area contributed by atoms with Gasteiger partial charge in [0.25, 0.3) is 5.91 Å². The topological polar surface area (TPSA) is 78.1 Å². The first-order valence-corrected chi connectivity index (χ1v) is 6.99. The number of aromatic nitrogens is 1. The number of amides is 1. The first-order valence-electron chi connectivity index (χ1n) is 6.99. The second kappa shape index (κ2) is 6.57. The Labute approximate surface area is 140 Å². The van der Waals surface area contributed by atoms with Crippen LogP contribution in [0.3, 0.4) is 0 Å². The summed E-state index contributed by atoms with van der Waals surface area (Å²) < 4.78 is 52.9. The Kier molecular flexibility index (Phi) is 4.85. The van der Waals surface area contributed by atoms with E-state index in [0.29, 0.717) is 6.07 Å². The molecule has 0 radical (unpaired) electrons. The first kappa shape index (κ1) is 18.5. The van der Waals surface area contributed by atoms with Crippen LogP contribution in [0.1, 0.15) is 18.1 Å². The molecule has 2 rings (SSSR count). The van der Waals surface area contributed by atoms with Gasteiger partial charge in [-0.2, -0.15) is 18.4 Å². The summed E-state index contributed by atoms with van der Waals surface area (Å²) >= 11 is 0. The lowest BCUT2D eigenvalue weighted by Gasteiger charge is -2.23. The van der Waals surface area contributed by atoms with Crippen molar-refractivity contribution in [1.29, 1.82) is 5.26 Å². The molecule has 2 N–H and O–H groups in total. The number of carbonyl (C=O) groups is 1. The van der Waals surface area contributed by atoms with E-state index in [2.05, 4.69) is 5.32 Å². The van der Waals surface area contributed by atoms with Crippen molar-refractivity contribution in [3.05, 3.63) is 53.6 Å². The second-order valence-electron chi connectivity index (χ2n) is 5.60. The number of rotatable bonds is 4. The summed E-state index contributed by atoms with van der Waals surface area (Å²) in [5.74, 6) is -1.53. The van der Waals surface area contributed by atoms with Crippen LogP contribution < -0.4 is 5.32 Å². The minimum Gasteiger partial charge on any atom is -0.378 e. The molecule has 0 saturated carbocycles. The summed E-state index contributed by atoms with van der Waals surface area (Å²) in [6.07, 6.45) is -2.40. The Morgan fingerprint density at radius 1 is 1.36 bits per heavy atom. The predicted molar refractivity (Wildman–Crippen MR) is 79.8 cm³/mol. The fraction of sp³-hybridized carbons (Fsp3) is 0.250. The van der Waals surface area contributed by atoms with E-state index in [0.717, 1.165) is 31.3 Å². The van der Waals surface area contributed by atoms with Gasteiger partial charge in [0.15, 0.2) is 5.60 Å². The number of carbonyl (C=O) groups excluding carboxylic acids is 1. The molecular weight excluding hydrogens is 342 g/mol. The molecule has 1 atom stereocenters. The molecule has 0 bridgehead atoms. The van der Waals surface area contributed by atoms with Crippen molar-refractivity contribution < 1.29 is 27.5 Å². The molecule has 1 heterocycles. The van der Waals surface area contributed by atoms with Crippen LogP contribution in [0, 0.1) is 17.1 Å². The monoisotopic (exact) mass is 355 g/mol. The highest BCUT2D eigenvalue weighted by Crippen LogP contribution is 2.33. The smallest absolute Gasteiger partial charge is 0.378 e. The van der Waals surface area contributed by atoms with Crippen molar-refractivity contribution in [2.45, 2.75) is 25.2 Å². The zero-order valence-corrected chi connectivity index (χ0v) is 12.9. The lowest BCUT2D eigenvalue weighted by Crippen LogP contribution is -2.43. The maximum absolute atomic E-state index is 12.9. The molecule has 9 heteroatoms. The van der Waals surface area contributed by atoms with Crippen molar-refractivity contribution in [2.24, 2.45) is 0 Å². The van der Waals surface area contributed by atoms with Crippen LogP contribution in [0.5, 0.6) is 0 Å². The summed E-state index contributed by atoms with van der Waals surface area (Å²) in [5, 5.41) is 21.1. The lowest BCUT2D eigenvalue weighted by atomic mass is 10.0. The summed E-state index contributed by atoms with van der Waals surface area (Å²) in [4.78, 5) is 12.1. The van der Waals surface area contributed by atoms with E-state index in [4.69, 9.17) is 5.26 Å². The number of hydrogen-bond donors (Lipinski definition) is 2. The highest BCUT2D eigenvalue weighted by atomic mass is 19.4. The normalized spacial score (nSPS) is 13.8. The van der Waals surface area contributed by atoms with Crippen LogP contribution >= 0.6 is 0 Å². The zero-order chi connectivity index (χ0) is 18.8. The molecule has 2 aromatic rings. The fourth-order valence-electron chi connectivity index (χ4n) is 2.16. The summed E-state index contributed by atoms with van der Waals surface area (Å²) in [6.45, 7) is 0.847. The van der Waals surface area contributed by atoms with Gasteiger partial charge in [-0.05, 0) is 31.2 Å². The van der Waals surface area contributed by atoms with Crippen molar-refractivity contribution in [2.75, 3.05) is 5.32 Å². The van der Waals surface area contributed by atoms with Crippen LogP contribution in [-0.2, 0) is 17.5 Å².